The van der Waals surface area contributed by atoms with Crippen LogP contribution < -0.4 is 10.2 Å². The molecule has 2 aliphatic rings. The molecule has 26 heavy (non-hydrogen) atoms. The molecule has 0 spiro atoms. The number of aromatic nitrogens is 1. The molecule has 1 saturated carbocycles. The fourth-order valence-corrected chi connectivity index (χ4v) is 4.51. The Labute approximate surface area is 156 Å². The zero-order chi connectivity index (χ0) is 17.7. The predicted molar refractivity (Wildman–Crippen MR) is 107 cm³/mol. The van der Waals surface area contributed by atoms with Crippen molar-refractivity contribution >= 4 is 44.1 Å². The number of carbonyl (C=O) groups excluding carboxylic acids is 1. The van der Waals surface area contributed by atoms with Crippen molar-refractivity contribution in [2.45, 2.75) is 18.9 Å². The third-order valence-electron chi connectivity index (χ3n) is 5.35. The second-order valence-electron chi connectivity index (χ2n) is 7.37. The molecule has 0 unspecified atom stereocenters. The van der Waals surface area contributed by atoms with Gasteiger partial charge >= 0.3 is 0 Å². The standard InChI is InChI=1S/C20H22N4OS/c1-23-7-9-24(10-8-23)19-16-6-11-26-18(16)15-5-2-13(12-17(15)22-19)20(25)21-14-3-4-14/h2,5-6,11-12,14H,3-4,7-10H2,1H3,(H,21,25). The lowest BCUT2D eigenvalue weighted by molar-refractivity contribution is 0.0951. The molecule has 2 aromatic heterocycles. The Morgan fingerprint density at radius 3 is 2.73 bits per heavy atom. The van der Waals surface area contributed by atoms with Crippen molar-refractivity contribution in [1.82, 2.24) is 15.2 Å². The second kappa shape index (κ2) is 6.21. The van der Waals surface area contributed by atoms with Crippen LogP contribution in [0.1, 0.15) is 23.2 Å². The van der Waals surface area contributed by atoms with Gasteiger partial charge in [0.15, 0.2) is 0 Å². The lowest BCUT2D eigenvalue weighted by Crippen LogP contribution is -2.44. The maximum absolute atomic E-state index is 12.4. The molecule has 1 N–H and O–H groups in total. The summed E-state index contributed by atoms with van der Waals surface area (Å²) in [5, 5.41) is 7.57. The van der Waals surface area contributed by atoms with E-state index in [1.54, 1.807) is 11.3 Å². The molecule has 1 amide bonds. The minimum atomic E-state index is 0.0172. The highest BCUT2D eigenvalue weighted by atomic mass is 32.1. The number of anilines is 1. The van der Waals surface area contributed by atoms with Crippen molar-refractivity contribution in [3.63, 3.8) is 0 Å². The smallest absolute Gasteiger partial charge is 0.251 e. The number of thiophene rings is 1. The molecule has 1 aromatic carbocycles. The number of amides is 1. The van der Waals surface area contributed by atoms with Crippen molar-refractivity contribution in [2.75, 3.05) is 38.1 Å². The minimum Gasteiger partial charge on any atom is -0.353 e. The van der Waals surface area contributed by atoms with Crippen LogP contribution in [0.4, 0.5) is 5.82 Å². The predicted octanol–water partition coefficient (Wildman–Crippen LogP) is 3.09. The molecule has 1 aliphatic carbocycles. The molecule has 6 heteroatoms. The molecule has 5 nitrogen and oxygen atoms in total. The summed E-state index contributed by atoms with van der Waals surface area (Å²) in [5.74, 6) is 1.07. The summed E-state index contributed by atoms with van der Waals surface area (Å²) in [7, 11) is 2.16. The van der Waals surface area contributed by atoms with Gasteiger partial charge in [0.25, 0.3) is 5.91 Å². The van der Waals surface area contributed by atoms with Crippen molar-refractivity contribution in [1.29, 1.82) is 0 Å². The number of benzene rings is 1. The summed E-state index contributed by atoms with van der Waals surface area (Å²) >= 11 is 1.75. The van der Waals surface area contributed by atoms with Crippen LogP contribution >= 0.6 is 11.3 Å². The van der Waals surface area contributed by atoms with E-state index in [0.717, 1.165) is 55.7 Å². The van der Waals surface area contributed by atoms with E-state index in [1.807, 2.05) is 12.1 Å². The highest BCUT2D eigenvalue weighted by molar-refractivity contribution is 7.18. The van der Waals surface area contributed by atoms with E-state index >= 15 is 0 Å². The molecule has 0 radical (unpaired) electrons. The van der Waals surface area contributed by atoms with E-state index in [4.69, 9.17) is 4.98 Å². The highest BCUT2D eigenvalue weighted by Crippen LogP contribution is 2.35. The van der Waals surface area contributed by atoms with Gasteiger partial charge in [0, 0.05) is 53.3 Å². The SMILES string of the molecule is CN1CCN(c2nc3cc(C(=O)NC4CC4)ccc3c3sccc23)CC1. The van der Waals surface area contributed by atoms with Gasteiger partial charge in [-0.15, -0.1) is 11.3 Å². The van der Waals surface area contributed by atoms with Gasteiger partial charge in [0.1, 0.15) is 5.82 Å². The average molecular weight is 366 g/mol. The molecule has 5 rings (SSSR count). The third kappa shape index (κ3) is 2.83. The number of rotatable bonds is 3. The van der Waals surface area contributed by atoms with Crippen LogP contribution in [0, 0.1) is 0 Å². The fraction of sp³-hybridized carbons (Fsp3) is 0.400. The molecule has 3 aromatic rings. The Morgan fingerprint density at radius 1 is 1.15 bits per heavy atom. The quantitative estimate of drug-likeness (QED) is 0.774. The van der Waals surface area contributed by atoms with E-state index in [1.165, 1.54) is 10.1 Å². The monoisotopic (exact) mass is 366 g/mol. The lowest BCUT2D eigenvalue weighted by Gasteiger charge is -2.33. The topological polar surface area (TPSA) is 48.5 Å². The second-order valence-corrected chi connectivity index (χ2v) is 8.28. The van der Waals surface area contributed by atoms with E-state index in [2.05, 4.69) is 39.7 Å². The summed E-state index contributed by atoms with van der Waals surface area (Å²) in [4.78, 5) is 22.1. The Kier molecular flexibility index (Phi) is 3.83. The van der Waals surface area contributed by atoms with Crippen LogP contribution in [0.2, 0.25) is 0 Å². The van der Waals surface area contributed by atoms with Crippen LogP contribution in [0.3, 0.4) is 0 Å². The number of nitrogens with one attached hydrogen (secondary N) is 1. The van der Waals surface area contributed by atoms with E-state index < -0.39 is 0 Å². The molecular weight excluding hydrogens is 344 g/mol. The number of nitrogens with zero attached hydrogens (tertiary/aromatic N) is 3. The number of piperazine rings is 1. The van der Waals surface area contributed by atoms with E-state index in [-0.39, 0.29) is 5.91 Å². The Bertz CT molecular complexity index is 986. The van der Waals surface area contributed by atoms with Gasteiger partial charge in [-0.1, -0.05) is 6.07 Å². The van der Waals surface area contributed by atoms with Crippen LogP contribution in [0.25, 0.3) is 21.0 Å². The van der Waals surface area contributed by atoms with Crippen LogP contribution in [-0.4, -0.2) is 55.1 Å². The zero-order valence-electron chi connectivity index (χ0n) is 14.9. The maximum Gasteiger partial charge on any atom is 0.251 e. The molecule has 2 fully saturated rings. The Hall–Kier alpha value is -2.18. The maximum atomic E-state index is 12.4. The Morgan fingerprint density at radius 2 is 1.96 bits per heavy atom. The molecule has 1 saturated heterocycles. The number of hydrogen-bond acceptors (Lipinski definition) is 5. The van der Waals surface area contributed by atoms with Crippen molar-refractivity contribution in [3.05, 3.63) is 35.2 Å². The summed E-state index contributed by atoms with van der Waals surface area (Å²) in [6.45, 7) is 4.08. The number of pyridine rings is 1. The molecule has 134 valence electrons. The van der Waals surface area contributed by atoms with Gasteiger partial charge in [0.05, 0.1) is 5.52 Å². The fourth-order valence-electron chi connectivity index (χ4n) is 3.58. The van der Waals surface area contributed by atoms with Gasteiger partial charge in [-0.3, -0.25) is 4.79 Å². The molecule has 3 heterocycles. The van der Waals surface area contributed by atoms with E-state index in [0.29, 0.717) is 11.6 Å². The number of hydrogen-bond donors (Lipinski definition) is 1. The van der Waals surface area contributed by atoms with Gasteiger partial charge in [-0.25, -0.2) is 4.98 Å². The summed E-state index contributed by atoms with van der Waals surface area (Å²) in [6.07, 6.45) is 2.20. The molecule has 0 bridgehead atoms. The lowest BCUT2D eigenvalue weighted by atomic mass is 10.1. The molecule has 1 aliphatic heterocycles. The normalized spacial score (nSPS) is 18.6. The first-order valence-electron chi connectivity index (χ1n) is 9.24. The van der Waals surface area contributed by atoms with Crippen LogP contribution in [0.5, 0.6) is 0 Å². The number of fused-ring (bicyclic) bond motifs is 3. The van der Waals surface area contributed by atoms with Crippen LogP contribution in [-0.2, 0) is 0 Å². The first kappa shape index (κ1) is 16.0. The van der Waals surface area contributed by atoms with Crippen molar-refractivity contribution in [2.24, 2.45) is 0 Å². The van der Waals surface area contributed by atoms with E-state index in [9.17, 15) is 4.79 Å². The molecule has 0 atom stereocenters. The summed E-state index contributed by atoms with van der Waals surface area (Å²) < 4.78 is 1.26. The first-order valence-corrected chi connectivity index (χ1v) is 10.1. The van der Waals surface area contributed by atoms with Gasteiger partial charge in [0.2, 0.25) is 0 Å². The van der Waals surface area contributed by atoms with Crippen LogP contribution in [0.15, 0.2) is 29.6 Å². The van der Waals surface area contributed by atoms with Crippen molar-refractivity contribution in [3.8, 4) is 0 Å². The number of likely N-dealkylation sites (N-methyl/N-ethyl adjacent to an activating group) is 1. The minimum absolute atomic E-state index is 0.0172. The van der Waals surface area contributed by atoms with Gasteiger partial charge in [-0.2, -0.15) is 0 Å². The summed E-state index contributed by atoms with van der Waals surface area (Å²) in [5.41, 5.74) is 1.62. The molecular formula is C20H22N4OS. The average Bonchev–Trinajstić information content (AvgIpc) is 3.32. The van der Waals surface area contributed by atoms with Crippen molar-refractivity contribution < 1.29 is 4.79 Å². The summed E-state index contributed by atoms with van der Waals surface area (Å²) in [6, 6.07) is 8.47. The zero-order valence-corrected chi connectivity index (χ0v) is 15.7. The van der Waals surface area contributed by atoms with Gasteiger partial charge < -0.3 is 15.1 Å². The number of carbonyl (C=O) groups is 1. The first-order chi connectivity index (χ1) is 12.7. The largest absolute Gasteiger partial charge is 0.353 e. The highest BCUT2D eigenvalue weighted by Gasteiger charge is 2.24. The van der Waals surface area contributed by atoms with Gasteiger partial charge in [-0.05, 0) is 43.5 Å². The third-order valence-corrected chi connectivity index (χ3v) is 6.30. The Balaban J connectivity index is 1.59.